The number of nitrogens with two attached hydrogens (primary N) is 1. The van der Waals surface area contributed by atoms with Crippen LogP contribution in [0.1, 0.15) is 5.56 Å². The van der Waals surface area contributed by atoms with Crippen LogP contribution in [-0.4, -0.2) is 22.8 Å². The Labute approximate surface area is 112 Å². The van der Waals surface area contributed by atoms with Crippen molar-refractivity contribution < 1.29 is 9.90 Å². The minimum atomic E-state index is -1.02. The normalized spacial score (nSPS) is 12.0. The van der Waals surface area contributed by atoms with Crippen LogP contribution in [0.2, 0.25) is 0 Å². The number of amidine groups is 1. The van der Waals surface area contributed by atoms with Gasteiger partial charge in [0.1, 0.15) is 5.84 Å². The highest BCUT2D eigenvalue weighted by Crippen LogP contribution is 2.25. The van der Waals surface area contributed by atoms with Crippen LogP contribution in [0.3, 0.4) is 0 Å². The summed E-state index contributed by atoms with van der Waals surface area (Å²) in [5.41, 5.74) is 6.76. The molecule has 0 aromatic heterocycles. The summed E-state index contributed by atoms with van der Waals surface area (Å²) in [7, 11) is 0. The molecule has 1 aromatic rings. The molecule has 6 heteroatoms. The van der Waals surface area contributed by atoms with Gasteiger partial charge in [0.2, 0.25) is 0 Å². The molecule has 0 fully saturated rings. The number of nitrogens with zero attached hydrogens (tertiary/aromatic N) is 1. The Hall–Kier alpha value is -1.33. The van der Waals surface area contributed by atoms with E-state index >= 15 is 0 Å². The van der Waals surface area contributed by atoms with E-state index in [1.54, 1.807) is 18.2 Å². The molecule has 17 heavy (non-hydrogen) atoms. The van der Waals surface area contributed by atoms with Gasteiger partial charge in [-0.2, -0.15) is 0 Å². The monoisotopic (exact) mass is 316 g/mol. The number of aliphatic imine (C=N–C) groups is 1. The van der Waals surface area contributed by atoms with E-state index in [2.05, 4.69) is 20.9 Å². The standard InChI is InChI=1S/C11H10BrClN2O2/c12-8-3-1-7(2-4-11(16)17)9(5-8)15-10(14)6-13/h1-5H,6H2,(H2,14,15)(H,16,17). The summed E-state index contributed by atoms with van der Waals surface area (Å²) in [6.07, 6.45) is 2.49. The molecule has 3 N–H and O–H groups in total. The number of hydrogen-bond donors (Lipinski definition) is 2. The van der Waals surface area contributed by atoms with Gasteiger partial charge in [-0.25, -0.2) is 9.79 Å². The van der Waals surface area contributed by atoms with Crippen LogP contribution in [-0.2, 0) is 4.79 Å². The maximum atomic E-state index is 10.5. The Morgan fingerprint density at radius 2 is 2.29 bits per heavy atom. The summed E-state index contributed by atoms with van der Waals surface area (Å²) in [5, 5.41) is 8.57. The molecule has 0 aliphatic heterocycles. The third-order valence-corrected chi connectivity index (χ3v) is 2.57. The van der Waals surface area contributed by atoms with Crippen molar-refractivity contribution in [3.8, 4) is 0 Å². The maximum Gasteiger partial charge on any atom is 0.328 e. The lowest BCUT2D eigenvalue weighted by Gasteiger charge is -2.02. The first-order chi connectivity index (χ1) is 8.02. The molecule has 0 unspecified atom stereocenters. The average Bonchev–Trinajstić information content (AvgIpc) is 2.27. The fourth-order valence-electron chi connectivity index (χ4n) is 1.10. The van der Waals surface area contributed by atoms with Gasteiger partial charge in [-0.3, -0.25) is 0 Å². The molecule has 0 atom stereocenters. The van der Waals surface area contributed by atoms with Gasteiger partial charge >= 0.3 is 5.97 Å². The number of aliphatic carboxylic acids is 1. The molecular formula is C11H10BrClN2O2. The Morgan fingerprint density at radius 3 is 2.88 bits per heavy atom. The van der Waals surface area contributed by atoms with E-state index in [1.165, 1.54) is 6.08 Å². The Kier molecular flexibility index (Phi) is 5.18. The van der Waals surface area contributed by atoms with Gasteiger partial charge in [0.15, 0.2) is 0 Å². The number of benzene rings is 1. The first-order valence-electron chi connectivity index (χ1n) is 4.62. The van der Waals surface area contributed by atoms with Crippen molar-refractivity contribution in [2.75, 3.05) is 5.88 Å². The van der Waals surface area contributed by atoms with E-state index in [9.17, 15) is 4.79 Å². The molecular weight excluding hydrogens is 307 g/mol. The first kappa shape index (κ1) is 13.7. The van der Waals surface area contributed by atoms with E-state index in [1.807, 2.05) is 0 Å². The molecule has 1 rings (SSSR count). The van der Waals surface area contributed by atoms with E-state index in [-0.39, 0.29) is 11.7 Å². The number of carboxylic acids is 1. The molecule has 90 valence electrons. The Morgan fingerprint density at radius 1 is 1.59 bits per heavy atom. The first-order valence-corrected chi connectivity index (χ1v) is 5.95. The fourth-order valence-corrected chi connectivity index (χ4v) is 1.51. The number of carbonyl (C=O) groups is 1. The third kappa shape index (κ3) is 4.58. The van der Waals surface area contributed by atoms with E-state index in [4.69, 9.17) is 22.4 Å². The van der Waals surface area contributed by atoms with Crippen LogP contribution in [0, 0.1) is 0 Å². The predicted octanol–water partition coefficient (Wildman–Crippen LogP) is 2.77. The van der Waals surface area contributed by atoms with Crippen molar-refractivity contribution >= 4 is 51.1 Å². The van der Waals surface area contributed by atoms with Crippen molar-refractivity contribution in [1.82, 2.24) is 0 Å². The van der Waals surface area contributed by atoms with E-state index in [0.29, 0.717) is 11.3 Å². The van der Waals surface area contributed by atoms with Crippen molar-refractivity contribution in [2.24, 2.45) is 10.7 Å². The molecule has 0 amide bonds. The molecule has 0 aliphatic carbocycles. The van der Waals surface area contributed by atoms with Crippen molar-refractivity contribution in [3.05, 3.63) is 34.3 Å². The molecule has 1 aromatic carbocycles. The highest BCUT2D eigenvalue weighted by atomic mass is 79.9. The lowest BCUT2D eigenvalue weighted by atomic mass is 10.1. The quantitative estimate of drug-likeness (QED) is 0.388. The van der Waals surface area contributed by atoms with Crippen molar-refractivity contribution in [1.29, 1.82) is 0 Å². The summed E-state index contributed by atoms with van der Waals surface area (Å²) >= 11 is 8.85. The lowest BCUT2D eigenvalue weighted by molar-refractivity contribution is -0.131. The Bertz CT molecular complexity index is 486. The van der Waals surface area contributed by atoms with Gasteiger partial charge in [0.05, 0.1) is 11.6 Å². The van der Waals surface area contributed by atoms with Crippen LogP contribution in [0.5, 0.6) is 0 Å². The summed E-state index contributed by atoms with van der Waals surface area (Å²) in [4.78, 5) is 14.6. The van der Waals surface area contributed by atoms with Gasteiger partial charge in [0.25, 0.3) is 0 Å². The molecule has 0 aliphatic rings. The highest BCUT2D eigenvalue weighted by molar-refractivity contribution is 9.10. The van der Waals surface area contributed by atoms with Crippen LogP contribution in [0.15, 0.2) is 33.7 Å². The van der Waals surface area contributed by atoms with Gasteiger partial charge in [-0.1, -0.05) is 22.0 Å². The van der Waals surface area contributed by atoms with Crippen LogP contribution in [0.25, 0.3) is 6.08 Å². The molecule has 0 bridgehead atoms. The van der Waals surface area contributed by atoms with Crippen LogP contribution >= 0.6 is 27.5 Å². The minimum Gasteiger partial charge on any atom is -0.478 e. The second-order valence-corrected chi connectivity index (χ2v) is 4.29. The van der Waals surface area contributed by atoms with Crippen molar-refractivity contribution in [2.45, 2.75) is 0 Å². The lowest BCUT2D eigenvalue weighted by Crippen LogP contribution is -2.12. The smallest absolute Gasteiger partial charge is 0.328 e. The fraction of sp³-hybridized carbons (Fsp3) is 0.0909. The summed E-state index contributed by atoms with van der Waals surface area (Å²) in [6, 6.07) is 5.27. The minimum absolute atomic E-state index is 0.120. The number of alkyl halides is 1. The van der Waals surface area contributed by atoms with Crippen LogP contribution < -0.4 is 5.73 Å². The Balaban J connectivity index is 3.17. The zero-order valence-electron chi connectivity index (χ0n) is 8.73. The summed E-state index contributed by atoms with van der Waals surface area (Å²) in [6.45, 7) is 0. The zero-order chi connectivity index (χ0) is 12.8. The largest absolute Gasteiger partial charge is 0.478 e. The second-order valence-electron chi connectivity index (χ2n) is 3.11. The van der Waals surface area contributed by atoms with E-state index in [0.717, 1.165) is 10.5 Å². The van der Waals surface area contributed by atoms with E-state index < -0.39 is 5.97 Å². The average molecular weight is 318 g/mol. The summed E-state index contributed by atoms with van der Waals surface area (Å²) in [5.74, 6) is -0.628. The molecule has 0 saturated heterocycles. The molecule has 0 saturated carbocycles. The van der Waals surface area contributed by atoms with Gasteiger partial charge in [0, 0.05) is 16.1 Å². The molecule has 0 spiro atoms. The third-order valence-electron chi connectivity index (χ3n) is 1.80. The van der Waals surface area contributed by atoms with Gasteiger partial charge in [-0.05, 0) is 18.2 Å². The number of hydrogen-bond acceptors (Lipinski definition) is 2. The van der Waals surface area contributed by atoms with Crippen LogP contribution in [0.4, 0.5) is 5.69 Å². The molecule has 4 nitrogen and oxygen atoms in total. The summed E-state index contributed by atoms with van der Waals surface area (Å²) < 4.78 is 0.825. The SMILES string of the molecule is NC(CCl)=Nc1cc(Br)ccc1C=CC(=O)O. The zero-order valence-corrected chi connectivity index (χ0v) is 11.1. The number of carboxylic acid groups (broad SMARTS) is 1. The predicted molar refractivity (Wildman–Crippen MR) is 72.8 cm³/mol. The molecule has 0 radical (unpaired) electrons. The second kappa shape index (κ2) is 6.42. The highest BCUT2D eigenvalue weighted by Gasteiger charge is 2.01. The van der Waals surface area contributed by atoms with Crippen molar-refractivity contribution in [3.63, 3.8) is 0 Å². The molecule has 0 heterocycles. The topological polar surface area (TPSA) is 75.7 Å². The number of halogens is 2. The van der Waals surface area contributed by atoms with Gasteiger partial charge < -0.3 is 10.8 Å². The maximum absolute atomic E-state index is 10.5. The number of rotatable bonds is 4. The van der Waals surface area contributed by atoms with Gasteiger partial charge in [-0.15, -0.1) is 11.6 Å².